The first-order valence-corrected chi connectivity index (χ1v) is 6.37. The third-order valence-electron chi connectivity index (χ3n) is 2.93. The first kappa shape index (κ1) is 12.6. The lowest BCUT2D eigenvalue weighted by atomic mass is 10.1. The van der Waals surface area contributed by atoms with Crippen molar-refractivity contribution >= 4 is 34.7 Å². The molecule has 3 rings (SSSR count). The molecule has 0 aliphatic carbocycles. The van der Waals surface area contributed by atoms with Crippen molar-refractivity contribution in [2.24, 2.45) is 0 Å². The molecule has 1 aromatic heterocycles. The van der Waals surface area contributed by atoms with Crippen molar-refractivity contribution in [3.05, 3.63) is 53.7 Å². The summed E-state index contributed by atoms with van der Waals surface area (Å²) in [6, 6.07) is 12.8. The van der Waals surface area contributed by atoms with E-state index in [2.05, 4.69) is 15.3 Å². The Balaban J connectivity index is 2.16. The zero-order valence-electron chi connectivity index (χ0n) is 10.4. The molecule has 0 spiro atoms. The van der Waals surface area contributed by atoms with Crippen molar-refractivity contribution < 1.29 is 4.79 Å². The molecule has 0 bridgehead atoms. The number of fused-ring (bicyclic) bond motifs is 1. The predicted molar refractivity (Wildman–Crippen MR) is 79.7 cm³/mol. The lowest BCUT2D eigenvalue weighted by Crippen LogP contribution is -1.97. The highest BCUT2D eigenvalue weighted by atomic mass is 35.5. The van der Waals surface area contributed by atoms with Gasteiger partial charge >= 0.3 is 0 Å². The number of hydrogen-bond donors (Lipinski definition) is 1. The second-order valence-electron chi connectivity index (χ2n) is 4.20. The number of aromatic nitrogens is 2. The zero-order chi connectivity index (χ0) is 13.9. The van der Waals surface area contributed by atoms with Gasteiger partial charge < -0.3 is 5.32 Å². The highest BCUT2D eigenvalue weighted by Crippen LogP contribution is 2.24. The summed E-state index contributed by atoms with van der Waals surface area (Å²) in [4.78, 5) is 19.6. The molecule has 4 nitrogen and oxygen atoms in total. The van der Waals surface area contributed by atoms with E-state index in [1.165, 1.54) is 0 Å². The Morgan fingerprint density at radius 1 is 1.10 bits per heavy atom. The Kier molecular flexibility index (Phi) is 3.31. The SMILES string of the molecule is O=CNc1cccc2ncc(-c3ccc(Cl)cc3)nc12. The van der Waals surface area contributed by atoms with Gasteiger partial charge in [0, 0.05) is 10.6 Å². The van der Waals surface area contributed by atoms with Crippen molar-refractivity contribution in [1.82, 2.24) is 9.97 Å². The Hall–Kier alpha value is -2.46. The Labute approximate surface area is 120 Å². The Bertz CT molecular complexity index is 772. The minimum Gasteiger partial charge on any atom is -0.327 e. The summed E-state index contributed by atoms with van der Waals surface area (Å²) >= 11 is 5.88. The third kappa shape index (κ3) is 2.33. The summed E-state index contributed by atoms with van der Waals surface area (Å²) < 4.78 is 0. The van der Waals surface area contributed by atoms with Crippen molar-refractivity contribution in [3.63, 3.8) is 0 Å². The molecule has 0 unspecified atom stereocenters. The molecule has 0 aliphatic heterocycles. The van der Waals surface area contributed by atoms with Gasteiger partial charge in [0.2, 0.25) is 6.41 Å². The van der Waals surface area contributed by atoms with Gasteiger partial charge in [0.25, 0.3) is 0 Å². The number of nitrogens with zero attached hydrogens (tertiary/aromatic N) is 2. The number of carbonyl (C=O) groups is 1. The van der Waals surface area contributed by atoms with Gasteiger partial charge in [-0.1, -0.05) is 29.8 Å². The summed E-state index contributed by atoms with van der Waals surface area (Å²) in [7, 11) is 0. The van der Waals surface area contributed by atoms with Crippen LogP contribution in [-0.2, 0) is 4.79 Å². The van der Waals surface area contributed by atoms with Crippen molar-refractivity contribution in [2.75, 3.05) is 5.32 Å². The molecule has 0 saturated carbocycles. The fourth-order valence-electron chi connectivity index (χ4n) is 1.97. The summed E-state index contributed by atoms with van der Waals surface area (Å²) in [6.45, 7) is 0. The number of amides is 1. The standard InChI is InChI=1S/C15H10ClN3O/c16-11-6-4-10(5-7-11)14-8-17-12-2-1-3-13(18-9-20)15(12)19-14/h1-9H,(H,18,20). The molecule has 5 heteroatoms. The molecular formula is C15H10ClN3O. The van der Waals surface area contributed by atoms with Gasteiger partial charge in [-0.25, -0.2) is 4.98 Å². The summed E-state index contributed by atoms with van der Waals surface area (Å²) in [5, 5.41) is 3.31. The van der Waals surface area contributed by atoms with E-state index >= 15 is 0 Å². The van der Waals surface area contributed by atoms with Crippen LogP contribution in [0.5, 0.6) is 0 Å². The van der Waals surface area contributed by atoms with Crippen LogP contribution in [0.3, 0.4) is 0 Å². The smallest absolute Gasteiger partial charge is 0.211 e. The molecule has 0 saturated heterocycles. The molecule has 20 heavy (non-hydrogen) atoms. The van der Waals surface area contributed by atoms with E-state index in [-0.39, 0.29) is 0 Å². The largest absolute Gasteiger partial charge is 0.327 e. The van der Waals surface area contributed by atoms with Crippen molar-refractivity contribution in [3.8, 4) is 11.3 Å². The van der Waals surface area contributed by atoms with Crippen LogP contribution in [0.1, 0.15) is 0 Å². The average Bonchev–Trinajstić information content (AvgIpc) is 2.48. The lowest BCUT2D eigenvalue weighted by Gasteiger charge is -2.06. The molecule has 0 aliphatic rings. The number of carbonyl (C=O) groups excluding carboxylic acids is 1. The van der Waals surface area contributed by atoms with Gasteiger partial charge in [0.1, 0.15) is 5.52 Å². The number of benzene rings is 2. The van der Waals surface area contributed by atoms with E-state index in [0.29, 0.717) is 22.6 Å². The van der Waals surface area contributed by atoms with Gasteiger partial charge in [-0.15, -0.1) is 0 Å². The minimum atomic E-state index is 0.630. The first-order chi connectivity index (χ1) is 9.78. The van der Waals surface area contributed by atoms with Crippen LogP contribution >= 0.6 is 11.6 Å². The highest BCUT2D eigenvalue weighted by Gasteiger charge is 2.06. The summed E-state index contributed by atoms with van der Waals surface area (Å²) in [5.41, 5.74) is 3.68. The first-order valence-electron chi connectivity index (χ1n) is 6.00. The molecule has 0 fully saturated rings. The molecule has 1 amide bonds. The van der Waals surface area contributed by atoms with Crippen LogP contribution in [-0.4, -0.2) is 16.4 Å². The number of para-hydroxylation sites is 1. The average molecular weight is 284 g/mol. The van der Waals surface area contributed by atoms with Crippen LogP contribution in [0.2, 0.25) is 5.02 Å². The zero-order valence-corrected chi connectivity index (χ0v) is 11.1. The van der Waals surface area contributed by atoms with E-state index < -0.39 is 0 Å². The summed E-state index contributed by atoms with van der Waals surface area (Å²) in [6.07, 6.45) is 2.33. The number of nitrogens with one attached hydrogen (secondary N) is 1. The van der Waals surface area contributed by atoms with Crippen molar-refractivity contribution in [2.45, 2.75) is 0 Å². The predicted octanol–water partition coefficient (Wildman–Crippen LogP) is 3.52. The molecule has 1 heterocycles. The van der Waals surface area contributed by atoms with Gasteiger partial charge in [0.15, 0.2) is 0 Å². The van der Waals surface area contributed by atoms with E-state index in [1.54, 1.807) is 24.4 Å². The highest BCUT2D eigenvalue weighted by molar-refractivity contribution is 6.30. The summed E-state index contributed by atoms with van der Waals surface area (Å²) in [5.74, 6) is 0. The molecule has 0 radical (unpaired) electrons. The second kappa shape index (κ2) is 5.27. The van der Waals surface area contributed by atoms with Gasteiger partial charge in [-0.05, 0) is 24.3 Å². The molecule has 1 N–H and O–H groups in total. The molecule has 0 atom stereocenters. The van der Waals surface area contributed by atoms with E-state index in [9.17, 15) is 4.79 Å². The maximum atomic E-state index is 10.6. The van der Waals surface area contributed by atoms with Crippen LogP contribution < -0.4 is 5.32 Å². The van der Waals surface area contributed by atoms with Crippen LogP contribution in [0, 0.1) is 0 Å². The van der Waals surface area contributed by atoms with E-state index in [1.807, 2.05) is 24.3 Å². The lowest BCUT2D eigenvalue weighted by molar-refractivity contribution is -0.105. The quantitative estimate of drug-likeness (QED) is 0.748. The molecule has 98 valence electrons. The monoisotopic (exact) mass is 283 g/mol. The van der Waals surface area contributed by atoms with Gasteiger partial charge in [0.05, 0.1) is 23.1 Å². The second-order valence-corrected chi connectivity index (χ2v) is 4.63. The Morgan fingerprint density at radius 2 is 1.90 bits per heavy atom. The van der Waals surface area contributed by atoms with E-state index in [0.717, 1.165) is 16.8 Å². The van der Waals surface area contributed by atoms with Crippen LogP contribution in [0.25, 0.3) is 22.3 Å². The van der Waals surface area contributed by atoms with Crippen LogP contribution in [0.15, 0.2) is 48.7 Å². The number of halogens is 1. The topological polar surface area (TPSA) is 54.9 Å². The van der Waals surface area contributed by atoms with Crippen LogP contribution in [0.4, 0.5) is 5.69 Å². The fourth-order valence-corrected chi connectivity index (χ4v) is 2.10. The number of anilines is 1. The third-order valence-corrected chi connectivity index (χ3v) is 3.18. The Morgan fingerprint density at radius 3 is 2.65 bits per heavy atom. The van der Waals surface area contributed by atoms with Gasteiger partial charge in [-0.3, -0.25) is 9.78 Å². The molecular weight excluding hydrogens is 274 g/mol. The maximum absolute atomic E-state index is 10.6. The van der Waals surface area contributed by atoms with Crippen molar-refractivity contribution in [1.29, 1.82) is 0 Å². The maximum Gasteiger partial charge on any atom is 0.211 e. The normalized spacial score (nSPS) is 10.4. The molecule has 2 aromatic carbocycles. The molecule has 3 aromatic rings. The fraction of sp³-hybridized carbons (Fsp3) is 0. The van der Waals surface area contributed by atoms with E-state index in [4.69, 9.17) is 11.6 Å². The number of rotatable bonds is 3. The number of hydrogen-bond acceptors (Lipinski definition) is 3. The van der Waals surface area contributed by atoms with Gasteiger partial charge in [-0.2, -0.15) is 0 Å². The minimum absolute atomic E-state index is 0.630.